The van der Waals surface area contributed by atoms with Crippen molar-refractivity contribution in [3.63, 3.8) is 0 Å². The third-order valence-electron chi connectivity index (χ3n) is 2.34. The van der Waals surface area contributed by atoms with E-state index in [9.17, 15) is 0 Å². The summed E-state index contributed by atoms with van der Waals surface area (Å²) in [4.78, 5) is 4.22. The lowest BCUT2D eigenvalue weighted by molar-refractivity contribution is 0.841. The molecule has 0 aliphatic heterocycles. The van der Waals surface area contributed by atoms with Crippen LogP contribution < -0.4 is 5.73 Å². The second-order valence-corrected chi connectivity index (χ2v) is 3.70. The Labute approximate surface area is 93.4 Å². The highest BCUT2D eigenvalue weighted by Crippen LogP contribution is 2.15. The molecule has 2 aromatic heterocycles. The maximum absolute atomic E-state index is 7.57. The monoisotopic (exact) mass is 215 g/mol. The lowest BCUT2D eigenvalue weighted by atomic mass is 10.1. The number of rotatable bonds is 2. The zero-order chi connectivity index (χ0) is 11.7. The Hall–Kier alpha value is -2.17. The van der Waals surface area contributed by atoms with Crippen molar-refractivity contribution >= 4 is 5.84 Å². The van der Waals surface area contributed by atoms with Crippen molar-refractivity contribution in [3.8, 4) is 5.82 Å². The van der Waals surface area contributed by atoms with Crippen LogP contribution in [0.4, 0.5) is 0 Å². The molecule has 0 atom stereocenters. The summed E-state index contributed by atoms with van der Waals surface area (Å²) < 4.78 is 1.64. The molecule has 0 aliphatic rings. The van der Waals surface area contributed by atoms with Gasteiger partial charge in [-0.25, -0.2) is 9.67 Å². The maximum Gasteiger partial charge on any atom is 0.164 e. The minimum absolute atomic E-state index is 0.00810. The maximum atomic E-state index is 7.57. The quantitative estimate of drug-likeness (QED) is 0.582. The normalized spacial score (nSPS) is 10.4. The molecule has 2 aromatic rings. The van der Waals surface area contributed by atoms with Crippen LogP contribution in [0.3, 0.4) is 0 Å². The number of nitrogens with one attached hydrogen (secondary N) is 1. The van der Waals surface area contributed by atoms with E-state index in [1.807, 2.05) is 26.1 Å². The summed E-state index contributed by atoms with van der Waals surface area (Å²) in [7, 11) is 0. The average molecular weight is 215 g/mol. The van der Waals surface area contributed by atoms with E-state index in [2.05, 4.69) is 10.1 Å². The van der Waals surface area contributed by atoms with E-state index in [4.69, 9.17) is 11.1 Å². The van der Waals surface area contributed by atoms with E-state index in [0.717, 1.165) is 11.1 Å². The van der Waals surface area contributed by atoms with E-state index in [-0.39, 0.29) is 5.84 Å². The Morgan fingerprint density at radius 3 is 2.75 bits per heavy atom. The number of nitrogens with zero attached hydrogens (tertiary/aromatic N) is 3. The molecule has 5 heteroatoms. The van der Waals surface area contributed by atoms with Gasteiger partial charge < -0.3 is 5.73 Å². The van der Waals surface area contributed by atoms with Gasteiger partial charge in [-0.05, 0) is 31.0 Å². The third-order valence-corrected chi connectivity index (χ3v) is 2.34. The van der Waals surface area contributed by atoms with E-state index in [1.54, 1.807) is 17.1 Å². The predicted octanol–water partition coefficient (Wildman–Crippen LogP) is 1.17. The first-order valence-electron chi connectivity index (χ1n) is 4.91. The largest absolute Gasteiger partial charge is 0.384 e. The van der Waals surface area contributed by atoms with Crippen molar-refractivity contribution in [1.29, 1.82) is 5.41 Å². The zero-order valence-corrected chi connectivity index (χ0v) is 9.23. The molecule has 5 nitrogen and oxygen atoms in total. The van der Waals surface area contributed by atoms with Gasteiger partial charge in [0.05, 0.1) is 11.8 Å². The molecule has 82 valence electrons. The van der Waals surface area contributed by atoms with Gasteiger partial charge in [-0.2, -0.15) is 5.10 Å². The van der Waals surface area contributed by atoms with Gasteiger partial charge in [0, 0.05) is 12.4 Å². The highest BCUT2D eigenvalue weighted by atomic mass is 15.3. The fourth-order valence-electron chi connectivity index (χ4n) is 1.58. The van der Waals surface area contributed by atoms with E-state index < -0.39 is 0 Å². The first kappa shape index (κ1) is 10.4. The van der Waals surface area contributed by atoms with Crippen molar-refractivity contribution in [3.05, 3.63) is 41.3 Å². The summed E-state index contributed by atoms with van der Waals surface area (Å²) >= 11 is 0. The first-order chi connectivity index (χ1) is 7.59. The fourth-order valence-corrected chi connectivity index (χ4v) is 1.58. The summed E-state index contributed by atoms with van der Waals surface area (Å²) in [6, 6.07) is 1.83. The Kier molecular flexibility index (Phi) is 2.44. The molecule has 2 heterocycles. The van der Waals surface area contributed by atoms with Crippen LogP contribution in [0.1, 0.15) is 16.7 Å². The minimum atomic E-state index is 0.00810. The highest BCUT2D eigenvalue weighted by molar-refractivity contribution is 5.99. The van der Waals surface area contributed by atoms with Crippen molar-refractivity contribution < 1.29 is 0 Å². The molecule has 0 fully saturated rings. The number of nitrogen functional groups attached to an aromatic ring is 1. The Morgan fingerprint density at radius 2 is 2.19 bits per heavy atom. The highest BCUT2D eigenvalue weighted by Gasteiger charge is 2.12. The van der Waals surface area contributed by atoms with Crippen molar-refractivity contribution in [2.75, 3.05) is 0 Å². The van der Waals surface area contributed by atoms with Crippen LogP contribution in [0, 0.1) is 19.3 Å². The van der Waals surface area contributed by atoms with Crippen LogP contribution in [-0.2, 0) is 0 Å². The van der Waals surface area contributed by atoms with Gasteiger partial charge >= 0.3 is 0 Å². The molecule has 0 spiro atoms. The lowest BCUT2D eigenvalue weighted by Crippen LogP contribution is -2.17. The van der Waals surface area contributed by atoms with Gasteiger partial charge in [0.25, 0.3) is 0 Å². The molecule has 0 amide bonds. The average Bonchev–Trinajstić information content (AvgIpc) is 2.63. The Balaban J connectivity index is 2.65. The smallest absolute Gasteiger partial charge is 0.164 e. The number of amidine groups is 1. The summed E-state index contributed by atoms with van der Waals surface area (Å²) in [5.74, 6) is 0.606. The second kappa shape index (κ2) is 3.77. The summed E-state index contributed by atoms with van der Waals surface area (Å²) in [6.07, 6.45) is 5.29. The van der Waals surface area contributed by atoms with Crippen LogP contribution >= 0.6 is 0 Å². The summed E-state index contributed by atoms with van der Waals surface area (Å²) in [5.41, 5.74) is 8.15. The van der Waals surface area contributed by atoms with Gasteiger partial charge in [0.1, 0.15) is 5.84 Å². The molecule has 0 unspecified atom stereocenters. The van der Waals surface area contributed by atoms with E-state index in [0.29, 0.717) is 11.4 Å². The summed E-state index contributed by atoms with van der Waals surface area (Å²) in [6.45, 7) is 3.85. The fraction of sp³-hybridized carbons (Fsp3) is 0.182. The molecule has 0 radical (unpaired) electrons. The Bertz CT molecular complexity index is 541. The molecule has 0 aromatic carbocycles. The van der Waals surface area contributed by atoms with Gasteiger partial charge in [-0.15, -0.1) is 0 Å². The number of aryl methyl sites for hydroxylation is 2. The molecule has 2 rings (SSSR count). The number of pyridine rings is 1. The molecule has 16 heavy (non-hydrogen) atoms. The minimum Gasteiger partial charge on any atom is -0.384 e. The van der Waals surface area contributed by atoms with Gasteiger partial charge in [0.15, 0.2) is 5.82 Å². The van der Waals surface area contributed by atoms with Crippen molar-refractivity contribution in [2.45, 2.75) is 13.8 Å². The molecular weight excluding hydrogens is 202 g/mol. The molecule has 0 saturated heterocycles. The van der Waals surface area contributed by atoms with Crippen molar-refractivity contribution in [2.24, 2.45) is 5.73 Å². The zero-order valence-electron chi connectivity index (χ0n) is 9.23. The van der Waals surface area contributed by atoms with Crippen LogP contribution in [0.2, 0.25) is 0 Å². The topological polar surface area (TPSA) is 80.6 Å². The second-order valence-electron chi connectivity index (χ2n) is 3.70. The predicted molar refractivity (Wildman–Crippen MR) is 61.8 cm³/mol. The first-order valence-corrected chi connectivity index (χ1v) is 4.91. The van der Waals surface area contributed by atoms with E-state index >= 15 is 0 Å². The van der Waals surface area contributed by atoms with Gasteiger partial charge in [0.2, 0.25) is 0 Å². The Morgan fingerprint density at radius 1 is 1.44 bits per heavy atom. The molecule has 3 N–H and O–H groups in total. The number of nitrogens with two attached hydrogens (primary N) is 1. The standard InChI is InChI=1S/C11H13N5/c1-7-5-15-16(6-7)11-9(10(12)13)8(2)3-4-14-11/h3-6H,1-2H3,(H3,12,13). The van der Waals surface area contributed by atoms with Crippen LogP contribution in [0.15, 0.2) is 24.7 Å². The third kappa shape index (κ3) is 1.67. The number of aromatic nitrogens is 3. The van der Waals surface area contributed by atoms with Gasteiger partial charge in [-0.1, -0.05) is 0 Å². The number of hydrogen-bond donors (Lipinski definition) is 2. The van der Waals surface area contributed by atoms with Crippen LogP contribution in [0.5, 0.6) is 0 Å². The number of hydrogen-bond acceptors (Lipinski definition) is 3. The molecule has 0 bridgehead atoms. The lowest BCUT2D eigenvalue weighted by Gasteiger charge is -2.09. The van der Waals surface area contributed by atoms with Crippen LogP contribution in [-0.4, -0.2) is 20.6 Å². The summed E-state index contributed by atoms with van der Waals surface area (Å²) in [5, 5.41) is 11.7. The van der Waals surface area contributed by atoms with Crippen molar-refractivity contribution in [1.82, 2.24) is 14.8 Å². The van der Waals surface area contributed by atoms with E-state index in [1.165, 1.54) is 0 Å². The molecule has 0 aliphatic carbocycles. The van der Waals surface area contributed by atoms with Gasteiger partial charge in [-0.3, -0.25) is 5.41 Å². The molecular formula is C11H13N5. The van der Waals surface area contributed by atoms with Crippen LogP contribution in [0.25, 0.3) is 5.82 Å². The SMILES string of the molecule is Cc1cnn(-c2nccc(C)c2C(=N)N)c1. The molecule has 0 saturated carbocycles.